The van der Waals surface area contributed by atoms with Gasteiger partial charge in [-0.15, -0.1) is 0 Å². The highest BCUT2D eigenvalue weighted by Crippen LogP contribution is 2.14. The average Bonchev–Trinajstić information content (AvgIpc) is 2.74. The van der Waals surface area contributed by atoms with E-state index in [2.05, 4.69) is 25.5 Å². The Labute approximate surface area is 89.7 Å². The molecule has 0 aromatic carbocycles. The second-order valence-corrected chi connectivity index (χ2v) is 2.98. The molecule has 0 aliphatic carbocycles. The van der Waals surface area contributed by atoms with Crippen LogP contribution in [0.4, 0.5) is 5.82 Å². The number of rotatable bonds is 2. The molecule has 0 saturated carbocycles. The first-order valence-electron chi connectivity index (χ1n) is 4.04. The van der Waals surface area contributed by atoms with E-state index in [0.717, 1.165) is 0 Å². The van der Waals surface area contributed by atoms with Crippen LogP contribution >= 0.6 is 11.6 Å². The Bertz CT molecular complexity index is 470. The van der Waals surface area contributed by atoms with Crippen LogP contribution in [0.25, 0.3) is 0 Å². The van der Waals surface area contributed by atoms with Crippen LogP contribution in [0.5, 0.6) is 0 Å². The number of aromatic amines is 1. The van der Waals surface area contributed by atoms with Crippen molar-refractivity contribution in [1.29, 1.82) is 0 Å². The monoisotopic (exact) mass is 223 g/mol. The molecular weight excluding hydrogens is 218 g/mol. The molecule has 0 radical (unpaired) electrons. The number of carbonyl (C=O) groups is 1. The van der Waals surface area contributed by atoms with Crippen LogP contribution in [0, 0.1) is 0 Å². The molecule has 2 rings (SSSR count). The molecule has 2 N–H and O–H groups in total. The van der Waals surface area contributed by atoms with Crippen molar-refractivity contribution in [2.45, 2.75) is 0 Å². The van der Waals surface area contributed by atoms with Crippen LogP contribution in [0.15, 0.2) is 24.7 Å². The van der Waals surface area contributed by atoms with E-state index in [1.54, 1.807) is 6.07 Å². The van der Waals surface area contributed by atoms with Crippen LogP contribution in [0.1, 0.15) is 10.5 Å². The molecule has 0 spiro atoms. The van der Waals surface area contributed by atoms with Crippen molar-refractivity contribution in [3.63, 3.8) is 0 Å². The third kappa shape index (κ3) is 2.10. The Morgan fingerprint density at radius 1 is 1.33 bits per heavy atom. The summed E-state index contributed by atoms with van der Waals surface area (Å²) in [5.41, 5.74) is 0.330. The molecule has 2 aromatic rings. The lowest BCUT2D eigenvalue weighted by molar-refractivity contribution is 0.102. The van der Waals surface area contributed by atoms with Crippen LogP contribution < -0.4 is 5.32 Å². The number of hydrogen-bond donors (Lipinski definition) is 2. The van der Waals surface area contributed by atoms with Crippen molar-refractivity contribution in [3.05, 3.63) is 35.5 Å². The fraction of sp³-hybridized carbons (Fsp3) is 0. The van der Waals surface area contributed by atoms with Gasteiger partial charge in [0.25, 0.3) is 5.91 Å². The van der Waals surface area contributed by atoms with Crippen molar-refractivity contribution in [3.8, 4) is 0 Å². The first-order chi connectivity index (χ1) is 7.27. The zero-order valence-electron chi connectivity index (χ0n) is 7.44. The minimum absolute atomic E-state index is 0.144. The molecule has 7 heteroatoms. The van der Waals surface area contributed by atoms with Crippen LogP contribution in [0.3, 0.4) is 0 Å². The second-order valence-electron chi connectivity index (χ2n) is 2.62. The summed E-state index contributed by atoms with van der Waals surface area (Å²) < 4.78 is 0. The number of halogens is 1. The SMILES string of the molecule is O=C(Nc1nccnc1Cl)c1ccn[nH]1. The molecule has 0 saturated heterocycles. The van der Waals surface area contributed by atoms with Crippen molar-refractivity contribution in [2.75, 3.05) is 5.32 Å². The molecule has 2 aromatic heterocycles. The van der Waals surface area contributed by atoms with Crippen molar-refractivity contribution in [2.24, 2.45) is 0 Å². The van der Waals surface area contributed by atoms with Crippen LogP contribution in [-0.4, -0.2) is 26.1 Å². The number of anilines is 1. The molecule has 0 aliphatic rings. The van der Waals surface area contributed by atoms with Gasteiger partial charge in [-0.1, -0.05) is 11.6 Å². The highest BCUT2D eigenvalue weighted by molar-refractivity contribution is 6.32. The zero-order valence-corrected chi connectivity index (χ0v) is 8.19. The molecule has 0 atom stereocenters. The highest BCUT2D eigenvalue weighted by atomic mass is 35.5. The van der Waals surface area contributed by atoms with Crippen LogP contribution in [-0.2, 0) is 0 Å². The molecule has 2 heterocycles. The third-order valence-corrected chi connectivity index (χ3v) is 1.91. The van der Waals surface area contributed by atoms with Gasteiger partial charge in [0.1, 0.15) is 5.69 Å². The first kappa shape index (κ1) is 9.60. The number of nitrogens with zero attached hydrogens (tertiary/aromatic N) is 3. The van der Waals surface area contributed by atoms with Gasteiger partial charge in [-0.05, 0) is 6.07 Å². The lowest BCUT2D eigenvalue weighted by Crippen LogP contribution is -2.14. The second kappa shape index (κ2) is 4.05. The smallest absolute Gasteiger partial charge is 0.274 e. The van der Waals surface area contributed by atoms with E-state index in [9.17, 15) is 4.79 Å². The van der Waals surface area contributed by atoms with Gasteiger partial charge in [-0.25, -0.2) is 9.97 Å². The van der Waals surface area contributed by atoms with Gasteiger partial charge in [-0.2, -0.15) is 5.10 Å². The standard InChI is InChI=1S/C8H6ClN5O/c9-6-7(11-4-3-10-6)13-8(15)5-1-2-12-14-5/h1-4H,(H,12,14)(H,11,13,15). The fourth-order valence-corrected chi connectivity index (χ4v) is 1.11. The molecule has 15 heavy (non-hydrogen) atoms. The van der Waals surface area contributed by atoms with Crippen molar-refractivity contribution in [1.82, 2.24) is 20.2 Å². The summed E-state index contributed by atoms with van der Waals surface area (Å²) in [5.74, 6) is -0.145. The molecule has 0 aliphatic heterocycles. The van der Waals surface area contributed by atoms with Gasteiger partial charge >= 0.3 is 0 Å². The number of H-pyrrole nitrogens is 1. The first-order valence-corrected chi connectivity index (χ1v) is 4.42. The Hall–Kier alpha value is -1.95. The molecule has 6 nitrogen and oxygen atoms in total. The topological polar surface area (TPSA) is 83.6 Å². The predicted octanol–water partition coefficient (Wildman–Crippen LogP) is 1.11. The molecular formula is C8H6ClN5O. The largest absolute Gasteiger partial charge is 0.303 e. The molecule has 76 valence electrons. The van der Waals surface area contributed by atoms with E-state index in [-0.39, 0.29) is 16.9 Å². The van der Waals surface area contributed by atoms with E-state index in [1.807, 2.05) is 0 Å². The van der Waals surface area contributed by atoms with E-state index < -0.39 is 0 Å². The maximum absolute atomic E-state index is 11.5. The Kier molecular flexibility index (Phi) is 2.59. The van der Waals surface area contributed by atoms with Crippen molar-refractivity contribution < 1.29 is 4.79 Å². The number of nitrogens with one attached hydrogen (secondary N) is 2. The highest BCUT2D eigenvalue weighted by Gasteiger charge is 2.10. The zero-order chi connectivity index (χ0) is 10.7. The molecule has 0 unspecified atom stereocenters. The van der Waals surface area contributed by atoms with E-state index >= 15 is 0 Å². The fourth-order valence-electron chi connectivity index (χ4n) is 0.962. The van der Waals surface area contributed by atoms with Gasteiger partial charge < -0.3 is 5.32 Å². The summed E-state index contributed by atoms with van der Waals surface area (Å²) in [6.45, 7) is 0. The third-order valence-electron chi connectivity index (χ3n) is 1.63. The van der Waals surface area contributed by atoms with Gasteiger partial charge in [0.05, 0.1) is 0 Å². The molecule has 0 fully saturated rings. The molecule has 1 amide bonds. The summed E-state index contributed by atoms with van der Waals surface area (Å²) in [6.07, 6.45) is 4.36. The van der Waals surface area contributed by atoms with Gasteiger partial charge in [0, 0.05) is 18.6 Å². The van der Waals surface area contributed by atoms with Crippen molar-refractivity contribution >= 4 is 23.3 Å². The van der Waals surface area contributed by atoms with E-state index in [0.29, 0.717) is 5.69 Å². The summed E-state index contributed by atoms with van der Waals surface area (Å²) in [5, 5.41) is 8.82. The number of amides is 1. The number of aromatic nitrogens is 4. The summed E-state index contributed by atoms with van der Waals surface area (Å²) in [4.78, 5) is 19.2. The number of carbonyl (C=O) groups excluding carboxylic acids is 1. The summed E-state index contributed by atoms with van der Waals surface area (Å²) in [6, 6.07) is 1.54. The quantitative estimate of drug-likeness (QED) is 0.799. The van der Waals surface area contributed by atoms with Gasteiger partial charge in [-0.3, -0.25) is 9.89 Å². The minimum Gasteiger partial charge on any atom is -0.303 e. The van der Waals surface area contributed by atoms with Gasteiger partial charge in [0.15, 0.2) is 11.0 Å². The molecule has 0 bridgehead atoms. The van der Waals surface area contributed by atoms with E-state index in [4.69, 9.17) is 11.6 Å². The summed E-state index contributed by atoms with van der Waals surface area (Å²) in [7, 11) is 0. The normalized spacial score (nSPS) is 9.93. The van der Waals surface area contributed by atoms with Crippen LogP contribution in [0.2, 0.25) is 5.15 Å². The number of hydrogen-bond acceptors (Lipinski definition) is 4. The minimum atomic E-state index is -0.366. The average molecular weight is 224 g/mol. The lowest BCUT2D eigenvalue weighted by Gasteiger charge is -2.02. The predicted molar refractivity (Wildman–Crippen MR) is 53.6 cm³/mol. The Morgan fingerprint density at radius 3 is 2.80 bits per heavy atom. The Morgan fingerprint density at radius 2 is 2.13 bits per heavy atom. The Balaban J connectivity index is 2.17. The maximum atomic E-state index is 11.5. The van der Waals surface area contributed by atoms with E-state index in [1.165, 1.54) is 18.6 Å². The maximum Gasteiger partial charge on any atom is 0.274 e. The summed E-state index contributed by atoms with van der Waals surface area (Å²) >= 11 is 5.72. The van der Waals surface area contributed by atoms with Gasteiger partial charge in [0.2, 0.25) is 0 Å². The lowest BCUT2D eigenvalue weighted by atomic mass is 10.4.